The average molecular weight is 256 g/mol. The number of carbonyl (C=O) groups excluding carboxylic acids is 1. The van der Waals surface area contributed by atoms with Crippen molar-refractivity contribution >= 4 is 16.1 Å². The van der Waals surface area contributed by atoms with E-state index in [4.69, 9.17) is 0 Å². The lowest BCUT2D eigenvalue weighted by atomic mass is 10.1. The summed E-state index contributed by atoms with van der Waals surface area (Å²) in [5.41, 5.74) is 0. The van der Waals surface area contributed by atoms with E-state index >= 15 is 0 Å². The Morgan fingerprint density at radius 2 is 2.18 bits per heavy atom. The summed E-state index contributed by atoms with van der Waals surface area (Å²) in [4.78, 5) is 13.7. The molecule has 1 aliphatic heterocycles. The van der Waals surface area contributed by atoms with Gasteiger partial charge in [0.1, 0.15) is 0 Å². The van der Waals surface area contributed by atoms with Gasteiger partial charge in [0, 0.05) is 13.1 Å². The molecule has 1 fully saturated rings. The van der Waals surface area contributed by atoms with Crippen LogP contribution in [0.4, 0.5) is 0 Å². The van der Waals surface area contributed by atoms with Gasteiger partial charge in [0.2, 0.25) is 6.08 Å². The fourth-order valence-electron chi connectivity index (χ4n) is 1.81. The quantitative estimate of drug-likeness (QED) is 0.603. The molecular weight excluding hydrogens is 244 g/mol. The van der Waals surface area contributed by atoms with E-state index in [-0.39, 0.29) is 11.1 Å². The molecule has 0 spiro atoms. The Balaban J connectivity index is 2.09. The lowest BCUT2D eigenvalue weighted by Gasteiger charge is -2.28. The first-order chi connectivity index (χ1) is 8.14. The Morgan fingerprint density at radius 3 is 2.71 bits per heavy atom. The fourth-order valence-corrected chi connectivity index (χ4v) is 3.18. The maximum absolute atomic E-state index is 12.1. The van der Waals surface area contributed by atoms with E-state index in [0.717, 1.165) is 0 Å². The second kappa shape index (κ2) is 4.79. The first kappa shape index (κ1) is 12.0. The maximum Gasteiger partial charge on any atom is 0.259 e. The average Bonchev–Trinajstić information content (AvgIpc) is 2.84. The van der Waals surface area contributed by atoms with Crippen LogP contribution in [0.2, 0.25) is 0 Å². The molecule has 1 aromatic rings. The molecule has 0 radical (unpaired) electrons. The van der Waals surface area contributed by atoms with Gasteiger partial charge in [-0.05, 0) is 18.9 Å². The van der Waals surface area contributed by atoms with Gasteiger partial charge in [0.15, 0.2) is 5.03 Å². The van der Waals surface area contributed by atoms with Crippen LogP contribution in [-0.2, 0) is 14.8 Å². The van der Waals surface area contributed by atoms with Gasteiger partial charge in [-0.1, -0.05) is 0 Å². The summed E-state index contributed by atoms with van der Waals surface area (Å²) in [6, 6.07) is 1.31. The number of H-pyrrole nitrogens is 1. The number of nitrogens with one attached hydrogen (secondary N) is 1. The van der Waals surface area contributed by atoms with Gasteiger partial charge < -0.3 is 0 Å². The number of hydrogen-bond acceptors (Lipinski definition) is 5. The number of rotatable bonds is 3. The van der Waals surface area contributed by atoms with Crippen LogP contribution in [0, 0.1) is 0 Å². The lowest BCUT2D eigenvalue weighted by molar-refractivity contribution is 0.319. The van der Waals surface area contributed by atoms with Crippen LogP contribution < -0.4 is 0 Å². The number of isocyanates is 1. The number of aliphatic imine (C=N–C) groups is 1. The minimum absolute atomic E-state index is 0.0924. The van der Waals surface area contributed by atoms with Crippen molar-refractivity contribution < 1.29 is 13.2 Å². The molecule has 1 aliphatic rings. The van der Waals surface area contributed by atoms with Crippen LogP contribution in [0.5, 0.6) is 0 Å². The normalized spacial score (nSPS) is 18.8. The van der Waals surface area contributed by atoms with Crippen LogP contribution >= 0.6 is 0 Å². The fraction of sp³-hybridized carbons (Fsp3) is 0.556. The van der Waals surface area contributed by atoms with Crippen LogP contribution in [0.15, 0.2) is 22.3 Å². The maximum atomic E-state index is 12.1. The van der Waals surface area contributed by atoms with E-state index in [1.54, 1.807) is 0 Å². The summed E-state index contributed by atoms with van der Waals surface area (Å²) < 4.78 is 25.5. The Bertz CT molecular complexity index is 510. The second-order valence-corrected chi connectivity index (χ2v) is 5.68. The number of nitrogens with zero attached hydrogens (tertiary/aromatic N) is 3. The molecule has 1 aromatic heterocycles. The molecule has 1 saturated heterocycles. The Hall–Kier alpha value is -1.50. The predicted octanol–water partition coefficient (Wildman–Crippen LogP) is -0.101. The van der Waals surface area contributed by atoms with Gasteiger partial charge in [-0.3, -0.25) is 5.10 Å². The van der Waals surface area contributed by atoms with Gasteiger partial charge in [0.25, 0.3) is 10.0 Å². The topological polar surface area (TPSA) is 95.5 Å². The van der Waals surface area contributed by atoms with Crippen molar-refractivity contribution in [2.45, 2.75) is 23.9 Å². The predicted molar refractivity (Wildman–Crippen MR) is 58.5 cm³/mol. The van der Waals surface area contributed by atoms with E-state index in [1.165, 1.54) is 22.6 Å². The Kier molecular flexibility index (Phi) is 3.37. The number of aromatic nitrogens is 2. The highest BCUT2D eigenvalue weighted by Gasteiger charge is 2.29. The van der Waals surface area contributed by atoms with Gasteiger partial charge >= 0.3 is 0 Å². The van der Waals surface area contributed by atoms with Gasteiger partial charge in [-0.15, -0.1) is 0 Å². The van der Waals surface area contributed by atoms with Crippen molar-refractivity contribution in [1.29, 1.82) is 0 Å². The minimum Gasteiger partial charge on any atom is -0.266 e. The van der Waals surface area contributed by atoms with Gasteiger partial charge in [-0.2, -0.15) is 9.40 Å². The third-order valence-corrected chi connectivity index (χ3v) is 4.58. The molecule has 8 heteroatoms. The van der Waals surface area contributed by atoms with Crippen LogP contribution in [0.3, 0.4) is 0 Å². The first-order valence-electron chi connectivity index (χ1n) is 5.21. The molecule has 1 N–H and O–H groups in total. The third-order valence-electron chi connectivity index (χ3n) is 2.75. The Morgan fingerprint density at radius 1 is 1.47 bits per heavy atom. The summed E-state index contributed by atoms with van der Waals surface area (Å²) in [5, 5.41) is 6.17. The summed E-state index contributed by atoms with van der Waals surface area (Å²) in [5.74, 6) is 0. The van der Waals surface area contributed by atoms with Crippen LogP contribution in [0.1, 0.15) is 12.8 Å². The second-order valence-electron chi connectivity index (χ2n) is 3.78. The van der Waals surface area contributed by atoms with Crippen molar-refractivity contribution in [3.63, 3.8) is 0 Å². The molecule has 2 rings (SSSR count). The molecule has 0 amide bonds. The molecule has 7 nitrogen and oxygen atoms in total. The molecule has 0 atom stereocenters. The lowest BCUT2D eigenvalue weighted by Crippen LogP contribution is -2.39. The van der Waals surface area contributed by atoms with Crippen LogP contribution in [0.25, 0.3) is 0 Å². The van der Waals surface area contributed by atoms with Crippen molar-refractivity contribution in [3.05, 3.63) is 12.3 Å². The standard InChI is InChI=1S/C9H12N4O3S/c14-7-10-8-2-5-13(6-3-8)17(15,16)9-1-4-11-12-9/h1,4,8H,2-3,5-6H2,(H,11,12). The summed E-state index contributed by atoms with van der Waals surface area (Å²) >= 11 is 0. The molecule has 0 aliphatic carbocycles. The monoisotopic (exact) mass is 256 g/mol. The first-order valence-corrected chi connectivity index (χ1v) is 6.65. The summed E-state index contributed by atoms with van der Waals surface area (Å²) in [6.45, 7) is 0.717. The summed E-state index contributed by atoms with van der Waals surface area (Å²) in [7, 11) is -3.48. The van der Waals surface area contributed by atoms with Crippen molar-refractivity contribution in [2.75, 3.05) is 13.1 Å². The van der Waals surface area contributed by atoms with Gasteiger partial charge in [-0.25, -0.2) is 18.2 Å². The van der Waals surface area contributed by atoms with E-state index in [1.807, 2.05) is 0 Å². The molecule has 0 aromatic carbocycles. The SMILES string of the molecule is O=C=NC1CCN(S(=O)(=O)c2ccn[nH]2)CC1. The molecular formula is C9H12N4O3S. The molecule has 17 heavy (non-hydrogen) atoms. The minimum atomic E-state index is -3.48. The van der Waals surface area contributed by atoms with Crippen molar-refractivity contribution in [3.8, 4) is 0 Å². The van der Waals surface area contributed by atoms with Gasteiger partial charge in [0.05, 0.1) is 12.2 Å². The van der Waals surface area contributed by atoms with E-state index in [0.29, 0.717) is 25.9 Å². The van der Waals surface area contributed by atoms with E-state index in [9.17, 15) is 13.2 Å². The zero-order chi connectivity index (χ0) is 12.3. The number of sulfonamides is 1. The van der Waals surface area contributed by atoms with Crippen molar-refractivity contribution in [2.24, 2.45) is 4.99 Å². The highest BCUT2D eigenvalue weighted by molar-refractivity contribution is 7.89. The van der Waals surface area contributed by atoms with E-state index in [2.05, 4.69) is 15.2 Å². The number of aromatic amines is 1. The molecule has 0 saturated carbocycles. The van der Waals surface area contributed by atoms with E-state index < -0.39 is 10.0 Å². The smallest absolute Gasteiger partial charge is 0.259 e. The largest absolute Gasteiger partial charge is 0.266 e. The third kappa shape index (κ3) is 2.44. The highest BCUT2D eigenvalue weighted by Crippen LogP contribution is 2.20. The van der Waals surface area contributed by atoms with Crippen molar-refractivity contribution in [1.82, 2.24) is 14.5 Å². The summed E-state index contributed by atoms with van der Waals surface area (Å²) in [6.07, 6.45) is 4.00. The zero-order valence-corrected chi connectivity index (χ0v) is 9.85. The molecule has 2 heterocycles. The molecule has 0 unspecified atom stereocenters. The highest BCUT2D eigenvalue weighted by atomic mass is 32.2. The Labute approximate surface area is 98.6 Å². The number of piperidine rings is 1. The number of hydrogen-bond donors (Lipinski definition) is 1. The molecule has 0 bridgehead atoms. The van der Waals surface area contributed by atoms with Crippen LogP contribution in [-0.4, -0.2) is 48.1 Å². The zero-order valence-electron chi connectivity index (χ0n) is 9.04. The molecule has 92 valence electrons.